The van der Waals surface area contributed by atoms with E-state index in [1.807, 2.05) is 50.2 Å². The van der Waals surface area contributed by atoms with Crippen LogP contribution in [0.4, 0.5) is 0 Å². The fraction of sp³-hybridized carbons (Fsp3) is 0.200. The molecule has 0 saturated carbocycles. The highest BCUT2D eigenvalue weighted by molar-refractivity contribution is 5.97. The molecule has 1 aromatic heterocycles. The van der Waals surface area contributed by atoms with Crippen LogP contribution < -0.4 is 10.2 Å². The number of fused-ring (bicyclic) bond motifs is 2. The summed E-state index contributed by atoms with van der Waals surface area (Å²) in [6.45, 7) is 3.78. The number of carbonyl (C=O) groups is 1. The van der Waals surface area contributed by atoms with E-state index in [1.54, 1.807) is 13.2 Å². The lowest BCUT2D eigenvalue weighted by atomic mass is 9.98. The van der Waals surface area contributed by atoms with Gasteiger partial charge >= 0.3 is 5.97 Å². The van der Waals surface area contributed by atoms with Crippen LogP contribution in [0.25, 0.3) is 21.9 Å². The van der Waals surface area contributed by atoms with Gasteiger partial charge in [0.25, 0.3) is 0 Å². The molecule has 0 spiro atoms. The van der Waals surface area contributed by atoms with Crippen LogP contribution in [0.2, 0.25) is 0 Å². The monoisotopic (exact) mass is 418 g/mol. The number of hydrogen-bond acceptors (Lipinski definition) is 5. The molecule has 1 N–H and O–H groups in total. The fourth-order valence-corrected chi connectivity index (χ4v) is 3.67. The molecule has 3 aromatic carbocycles. The SMILES string of the molecule is COC(c1ccccc1)c1cc(OC(C)C)c2oc3ccc(C(=O)O)cc3c(=O)c2c1. The van der Waals surface area contributed by atoms with E-state index in [4.69, 9.17) is 13.9 Å². The third-order valence-electron chi connectivity index (χ3n) is 5.01. The minimum Gasteiger partial charge on any atom is -0.487 e. The van der Waals surface area contributed by atoms with Crippen molar-refractivity contribution in [3.63, 3.8) is 0 Å². The van der Waals surface area contributed by atoms with Crippen molar-refractivity contribution in [2.45, 2.75) is 26.1 Å². The summed E-state index contributed by atoms with van der Waals surface area (Å²) in [5.74, 6) is -0.677. The highest BCUT2D eigenvalue weighted by Crippen LogP contribution is 2.35. The van der Waals surface area contributed by atoms with Gasteiger partial charge in [0.05, 0.1) is 22.4 Å². The summed E-state index contributed by atoms with van der Waals surface area (Å²) in [6, 6.07) is 17.4. The second-order valence-electron chi connectivity index (χ2n) is 7.54. The Morgan fingerprint density at radius 2 is 1.71 bits per heavy atom. The van der Waals surface area contributed by atoms with Crippen LogP contribution in [-0.4, -0.2) is 24.3 Å². The largest absolute Gasteiger partial charge is 0.487 e. The summed E-state index contributed by atoms with van der Waals surface area (Å²) in [6.07, 6.45) is -0.563. The van der Waals surface area contributed by atoms with Gasteiger partial charge in [-0.2, -0.15) is 0 Å². The standard InChI is InChI=1S/C25H22O6/c1-14(2)30-21-13-17(23(29-3)15-7-5-4-6-8-15)12-19-22(26)18-11-16(25(27)28)9-10-20(18)31-24(19)21/h4-14,23H,1-3H3,(H,27,28). The first-order chi connectivity index (χ1) is 14.9. The number of benzene rings is 3. The van der Waals surface area contributed by atoms with Gasteiger partial charge in [0, 0.05) is 7.11 Å². The number of aromatic carboxylic acids is 1. The minimum atomic E-state index is -1.11. The first kappa shape index (κ1) is 20.6. The molecule has 4 rings (SSSR count). The zero-order valence-electron chi connectivity index (χ0n) is 17.4. The molecule has 0 bridgehead atoms. The maximum absolute atomic E-state index is 13.4. The molecule has 0 aliphatic rings. The molecule has 0 saturated heterocycles. The third kappa shape index (κ3) is 3.90. The van der Waals surface area contributed by atoms with Crippen LogP contribution >= 0.6 is 0 Å². The van der Waals surface area contributed by atoms with Crippen LogP contribution in [0.15, 0.2) is 69.9 Å². The van der Waals surface area contributed by atoms with E-state index in [9.17, 15) is 14.7 Å². The van der Waals surface area contributed by atoms with Gasteiger partial charge in [-0.15, -0.1) is 0 Å². The van der Waals surface area contributed by atoms with Gasteiger partial charge in [-0.25, -0.2) is 4.79 Å². The van der Waals surface area contributed by atoms with E-state index in [1.165, 1.54) is 18.2 Å². The first-order valence-electron chi connectivity index (χ1n) is 9.91. The molecule has 1 unspecified atom stereocenters. The van der Waals surface area contributed by atoms with Crippen molar-refractivity contribution in [3.8, 4) is 5.75 Å². The van der Waals surface area contributed by atoms with Crippen molar-refractivity contribution >= 4 is 27.9 Å². The normalized spacial score (nSPS) is 12.4. The molecule has 0 fully saturated rings. The van der Waals surface area contributed by atoms with E-state index >= 15 is 0 Å². The van der Waals surface area contributed by atoms with Crippen molar-refractivity contribution in [2.24, 2.45) is 0 Å². The van der Waals surface area contributed by atoms with E-state index in [-0.39, 0.29) is 22.5 Å². The fourth-order valence-electron chi connectivity index (χ4n) is 3.67. The molecule has 31 heavy (non-hydrogen) atoms. The number of ether oxygens (including phenoxy) is 2. The molecule has 4 aromatic rings. The van der Waals surface area contributed by atoms with Crippen LogP contribution in [0.5, 0.6) is 5.75 Å². The molecule has 0 aliphatic heterocycles. The van der Waals surface area contributed by atoms with Crippen LogP contribution in [0, 0.1) is 0 Å². The van der Waals surface area contributed by atoms with Crippen LogP contribution in [0.3, 0.4) is 0 Å². The van der Waals surface area contributed by atoms with Gasteiger partial charge < -0.3 is 19.0 Å². The van der Waals surface area contributed by atoms with Gasteiger partial charge in [0.1, 0.15) is 11.7 Å². The highest BCUT2D eigenvalue weighted by Gasteiger charge is 2.21. The molecular weight excluding hydrogens is 396 g/mol. The Labute approximate surface area is 178 Å². The molecule has 1 atom stereocenters. The summed E-state index contributed by atoms with van der Waals surface area (Å²) in [4.78, 5) is 24.7. The molecule has 158 valence electrons. The lowest BCUT2D eigenvalue weighted by Crippen LogP contribution is -2.11. The lowest BCUT2D eigenvalue weighted by Gasteiger charge is -2.19. The van der Waals surface area contributed by atoms with Crippen molar-refractivity contribution in [1.29, 1.82) is 0 Å². The van der Waals surface area contributed by atoms with E-state index in [2.05, 4.69) is 0 Å². The Morgan fingerprint density at radius 3 is 2.35 bits per heavy atom. The Bertz CT molecular complexity index is 1320. The van der Waals surface area contributed by atoms with Crippen LogP contribution in [0.1, 0.15) is 41.4 Å². The molecule has 6 heteroatoms. The zero-order valence-corrected chi connectivity index (χ0v) is 17.4. The highest BCUT2D eigenvalue weighted by atomic mass is 16.5. The quantitative estimate of drug-likeness (QED) is 0.435. The lowest BCUT2D eigenvalue weighted by molar-refractivity contribution is 0.0697. The van der Waals surface area contributed by atoms with Gasteiger partial charge in [0.15, 0.2) is 11.3 Å². The summed E-state index contributed by atoms with van der Waals surface area (Å²) in [5, 5.41) is 9.81. The van der Waals surface area contributed by atoms with Gasteiger partial charge in [-0.3, -0.25) is 4.79 Å². The molecule has 0 aliphatic carbocycles. The number of carboxylic acids is 1. The topological polar surface area (TPSA) is 86.0 Å². The molecule has 1 heterocycles. The molecule has 6 nitrogen and oxygen atoms in total. The van der Waals surface area contributed by atoms with Crippen molar-refractivity contribution in [3.05, 3.63) is 87.6 Å². The van der Waals surface area contributed by atoms with Crippen LogP contribution in [-0.2, 0) is 4.74 Å². The van der Waals surface area contributed by atoms with Crippen molar-refractivity contribution in [2.75, 3.05) is 7.11 Å². The summed E-state index contributed by atoms with van der Waals surface area (Å²) >= 11 is 0. The summed E-state index contributed by atoms with van der Waals surface area (Å²) in [5.41, 5.74) is 1.98. The zero-order chi connectivity index (χ0) is 22.1. The smallest absolute Gasteiger partial charge is 0.335 e. The minimum absolute atomic E-state index is 0.0213. The second-order valence-corrected chi connectivity index (χ2v) is 7.54. The molecule has 0 amide bonds. The summed E-state index contributed by atoms with van der Waals surface area (Å²) in [7, 11) is 1.60. The predicted octanol–water partition coefficient (Wildman–Crippen LogP) is 5.17. The number of methoxy groups -OCH3 is 1. The average molecular weight is 418 g/mol. The Morgan fingerprint density at radius 1 is 0.968 bits per heavy atom. The van der Waals surface area contributed by atoms with E-state index in [0.717, 1.165) is 11.1 Å². The molecular formula is C25H22O6. The van der Waals surface area contributed by atoms with Gasteiger partial charge in [-0.05, 0) is 55.3 Å². The predicted molar refractivity (Wildman–Crippen MR) is 118 cm³/mol. The van der Waals surface area contributed by atoms with E-state index in [0.29, 0.717) is 22.3 Å². The maximum atomic E-state index is 13.4. The van der Waals surface area contributed by atoms with E-state index < -0.39 is 12.1 Å². The van der Waals surface area contributed by atoms with Gasteiger partial charge in [0.2, 0.25) is 5.43 Å². The molecule has 0 radical (unpaired) electrons. The van der Waals surface area contributed by atoms with Crippen molar-refractivity contribution < 1.29 is 23.8 Å². The average Bonchev–Trinajstić information content (AvgIpc) is 2.75. The summed E-state index contributed by atoms with van der Waals surface area (Å²) < 4.78 is 17.7. The Balaban J connectivity index is 2.02. The number of rotatable bonds is 6. The third-order valence-corrected chi connectivity index (χ3v) is 5.01. The first-order valence-corrected chi connectivity index (χ1v) is 9.91. The van der Waals surface area contributed by atoms with Crippen molar-refractivity contribution in [1.82, 2.24) is 0 Å². The number of carboxylic acid groups (broad SMARTS) is 1. The Hall–Kier alpha value is -3.64. The van der Waals surface area contributed by atoms with Gasteiger partial charge in [-0.1, -0.05) is 30.3 Å². The Kier molecular flexibility index (Phi) is 5.48. The number of hydrogen-bond donors (Lipinski definition) is 1. The second kappa shape index (κ2) is 8.24. The maximum Gasteiger partial charge on any atom is 0.335 e.